The zero-order valence-electron chi connectivity index (χ0n) is 12.5. The molecule has 2 nitrogen and oxygen atoms in total. The lowest BCUT2D eigenvalue weighted by Gasteiger charge is -2.41. The van der Waals surface area contributed by atoms with E-state index in [9.17, 15) is 0 Å². The van der Waals surface area contributed by atoms with Crippen LogP contribution in [-0.4, -0.2) is 40.6 Å². The van der Waals surface area contributed by atoms with E-state index < -0.39 is 0 Å². The number of halogens is 3. The Kier molecular flexibility index (Phi) is 11.3. The van der Waals surface area contributed by atoms with Gasteiger partial charge in [-0.25, -0.2) is 0 Å². The quantitative estimate of drug-likeness (QED) is 0.459. The highest BCUT2D eigenvalue weighted by Gasteiger charge is 2.35. The van der Waals surface area contributed by atoms with Gasteiger partial charge in [0.25, 0.3) is 0 Å². The summed E-state index contributed by atoms with van der Waals surface area (Å²) >= 11 is 11.9. The molecule has 0 atom stereocenters. The minimum atomic E-state index is -0.181. The van der Waals surface area contributed by atoms with Gasteiger partial charge in [-0.2, -0.15) is 0 Å². The van der Waals surface area contributed by atoms with Gasteiger partial charge in [-0.1, -0.05) is 26.7 Å². The molecule has 18 heavy (non-hydrogen) atoms. The second-order valence-electron chi connectivity index (χ2n) is 5.98. The molecule has 0 bridgehead atoms. The molecule has 0 aromatic carbocycles. The van der Waals surface area contributed by atoms with Crippen LogP contribution in [0.15, 0.2) is 0 Å². The Morgan fingerprint density at radius 2 is 1.39 bits per heavy atom. The molecule has 0 heterocycles. The van der Waals surface area contributed by atoms with Gasteiger partial charge in [0.15, 0.2) is 0 Å². The standard InChI is InChI=1S/C13H29Cl2N2.ClH/c1-6-8-10-17(5,11-9-7-2)12-13(3,4)16(14)15;/h6-12H2,1-5H3;1H/q+1;/p-1. The van der Waals surface area contributed by atoms with Gasteiger partial charge in [0, 0.05) is 0 Å². The average Bonchev–Trinajstić information content (AvgIpc) is 2.23. The third kappa shape index (κ3) is 8.06. The van der Waals surface area contributed by atoms with Gasteiger partial charge in [-0.05, 0) is 50.2 Å². The topological polar surface area (TPSA) is 3.24 Å². The molecule has 0 aliphatic rings. The normalized spacial score (nSPS) is 12.7. The molecule has 0 saturated heterocycles. The van der Waals surface area contributed by atoms with Gasteiger partial charge >= 0.3 is 0 Å². The van der Waals surface area contributed by atoms with Crippen molar-refractivity contribution in [1.29, 1.82) is 0 Å². The zero-order valence-corrected chi connectivity index (χ0v) is 14.7. The molecule has 0 amide bonds. The number of rotatable bonds is 9. The van der Waals surface area contributed by atoms with Crippen molar-refractivity contribution < 1.29 is 16.9 Å². The first-order valence-corrected chi connectivity index (χ1v) is 7.40. The Labute approximate surface area is 130 Å². The van der Waals surface area contributed by atoms with Gasteiger partial charge in [0.2, 0.25) is 0 Å². The van der Waals surface area contributed by atoms with E-state index in [1.54, 1.807) is 0 Å². The van der Waals surface area contributed by atoms with Crippen LogP contribution in [0, 0.1) is 0 Å². The SMILES string of the molecule is CCCC[N+](C)(CCCC)CC(C)(C)N(Cl)Cl.[Cl-]. The van der Waals surface area contributed by atoms with Crippen molar-refractivity contribution >= 4 is 23.6 Å². The van der Waals surface area contributed by atoms with Crippen LogP contribution >= 0.6 is 23.6 Å². The smallest absolute Gasteiger partial charge is 0.0992 e. The van der Waals surface area contributed by atoms with E-state index in [1.807, 2.05) is 0 Å². The highest BCUT2D eigenvalue weighted by Crippen LogP contribution is 2.24. The van der Waals surface area contributed by atoms with Crippen molar-refractivity contribution in [2.75, 3.05) is 26.7 Å². The summed E-state index contributed by atoms with van der Waals surface area (Å²) in [6.45, 7) is 12.1. The first-order chi connectivity index (χ1) is 7.77. The van der Waals surface area contributed by atoms with E-state index in [2.05, 4.69) is 34.7 Å². The number of likely N-dealkylation sites (N-methyl/N-ethyl adjacent to an activating group) is 1. The Morgan fingerprint density at radius 1 is 1.00 bits per heavy atom. The summed E-state index contributed by atoms with van der Waals surface area (Å²) in [4.78, 5) is 0. The van der Waals surface area contributed by atoms with Crippen LogP contribution in [0.1, 0.15) is 53.4 Å². The lowest BCUT2D eigenvalue weighted by Crippen LogP contribution is -3.00. The number of hydrogen-bond acceptors (Lipinski definition) is 1. The molecule has 112 valence electrons. The molecule has 0 aromatic heterocycles. The molecule has 0 N–H and O–H groups in total. The second kappa shape index (κ2) is 9.66. The molecule has 0 fully saturated rings. The molecular weight excluding hydrogens is 291 g/mol. The summed E-state index contributed by atoms with van der Waals surface area (Å²) in [7, 11) is 2.32. The molecule has 0 spiro atoms. The maximum absolute atomic E-state index is 5.93. The third-order valence-corrected chi connectivity index (χ3v) is 4.24. The Morgan fingerprint density at radius 3 is 1.67 bits per heavy atom. The predicted molar refractivity (Wildman–Crippen MR) is 78.2 cm³/mol. The van der Waals surface area contributed by atoms with Crippen LogP contribution in [0.3, 0.4) is 0 Å². The van der Waals surface area contributed by atoms with Crippen molar-refractivity contribution in [2.24, 2.45) is 0 Å². The molecule has 5 heteroatoms. The Balaban J connectivity index is 0. The van der Waals surface area contributed by atoms with Crippen LogP contribution in [0.4, 0.5) is 0 Å². The highest BCUT2D eigenvalue weighted by atomic mass is 35.5. The molecule has 0 aromatic rings. The van der Waals surface area contributed by atoms with Crippen molar-refractivity contribution in [3.05, 3.63) is 0 Å². The summed E-state index contributed by atoms with van der Waals surface area (Å²) in [5.41, 5.74) is -0.181. The van der Waals surface area contributed by atoms with Crippen molar-refractivity contribution in [3.8, 4) is 0 Å². The fourth-order valence-electron chi connectivity index (χ4n) is 2.34. The number of nitrogens with zero attached hydrogens (tertiary/aromatic N) is 2. The maximum Gasteiger partial charge on any atom is 0.0992 e. The monoisotopic (exact) mass is 318 g/mol. The number of quaternary nitrogens is 1. The fraction of sp³-hybridized carbons (Fsp3) is 1.00. The van der Waals surface area contributed by atoms with E-state index in [1.165, 1.54) is 42.7 Å². The summed E-state index contributed by atoms with van der Waals surface area (Å²) in [6, 6.07) is 0. The average molecular weight is 320 g/mol. The first-order valence-electron chi connectivity index (χ1n) is 6.73. The van der Waals surface area contributed by atoms with Gasteiger partial charge in [0.1, 0.15) is 0 Å². The Bertz CT molecular complexity index is 200. The largest absolute Gasteiger partial charge is 1.00 e. The van der Waals surface area contributed by atoms with Crippen molar-refractivity contribution in [2.45, 2.75) is 58.9 Å². The van der Waals surface area contributed by atoms with Crippen LogP contribution in [0.2, 0.25) is 0 Å². The summed E-state index contributed by atoms with van der Waals surface area (Å²) in [5.74, 6) is 0. The molecule has 0 saturated carbocycles. The minimum absolute atomic E-state index is 0. The molecular formula is C13H29Cl3N2. The summed E-state index contributed by atoms with van der Waals surface area (Å²) in [6.07, 6.45) is 5.01. The van der Waals surface area contributed by atoms with Crippen molar-refractivity contribution in [1.82, 2.24) is 3.94 Å². The minimum Gasteiger partial charge on any atom is -1.00 e. The van der Waals surface area contributed by atoms with E-state index in [0.717, 1.165) is 11.0 Å². The first kappa shape index (κ1) is 21.1. The lowest BCUT2D eigenvalue weighted by molar-refractivity contribution is -0.913. The zero-order chi connectivity index (χ0) is 13.5. The molecule has 0 aliphatic heterocycles. The van der Waals surface area contributed by atoms with E-state index in [0.29, 0.717) is 0 Å². The second-order valence-corrected chi connectivity index (χ2v) is 6.83. The summed E-state index contributed by atoms with van der Waals surface area (Å²) < 4.78 is 2.37. The summed E-state index contributed by atoms with van der Waals surface area (Å²) in [5, 5.41) is 0. The van der Waals surface area contributed by atoms with Gasteiger partial charge in [0.05, 0.1) is 32.2 Å². The molecule has 0 unspecified atom stereocenters. The van der Waals surface area contributed by atoms with E-state index in [4.69, 9.17) is 23.6 Å². The number of hydrogen-bond donors (Lipinski definition) is 0. The molecule has 0 rings (SSSR count). The van der Waals surface area contributed by atoms with Crippen LogP contribution in [0.25, 0.3) is 0 Å². The number of unbranched alkanes of at least 4 members (excludes halogenated alkanes) is 2. The van der Waals surface area contributed by atoms with Crippen molar-refractivity contribution in [3.63, 3.8) is 0 Å². The fourth-order valence-corrected chi connectivity index (χ4v) is 2.44. The molecule has 0 aliphatic carbocycles. The van der Waals surface area contributed by atoms with Crippen LogP contribution in [0.5, 0.6) is 0 Å². The van der Waals surface area contributed by atoms with Gasteiger partial charge in [-0.3, -0.25) is 0 Å². The van der Waals surface area contributed by atoms with E-state index in [-0.39, 0.29) is 17.9 Å². The lowest BCUT2D eigenvalue weighted by atomic mass is 10.0. The third-order valence-electron chi connectivity index (χ3n) is 3.33. The van der Waals surface area contributed by atoms with E-state index >= 15 is 0 Å². The van der Waals surface area contributed by atoms with Crippen LogP contribution in [-0.2, 0) is 0 Å². The van der Waals surface area contributed by atoms with Gasteiger partial charge < -0.3 is 16.9 Å². The molecule has 0 radical (unpaired) electrons. The van der Waals surface area contributed by atoms with Crippen LogP contribution < -0.4 is 12.4 Å². The predicted octanol–water partition coefficient (Wildman–Crippen LogP) is 1.43. The maximum atomic E-state index is 5.93. The Hall–Kier alpha value is 0.790. The highest BCUT2D eigenvalue weighted by molar-refractivity contribution is 6.34. The van der Waals surface area contributed by atoms with Gasteiger partial charge in [-0.15, -0.1) is 3.94 Å².